The Morgan fingerprint density at radius 2 is 2.04 bits per heavy atom. The molecule has 4 rings (SSSR count). The summed E-state index contributed by atoms with van der Waals surface area (Å²) in [4.78, 5) is 19.7. The van der Waals surface area contributed by atoms with Crippen molar-refractivity contribution in [2.75, 3.05) is 20.3 Å². The van der Waals surface area contributed by atoms with Gasteiger partial charge in [-0.25, -0.2) is 4.98 Å². The van der Waals surface area contributed by atoms with E-state index in [1.54, 1.807) is 7.11 Å². The predicted molar refractivity (Wildman–Crippen MR) is 101 cm³/mol. The number of methoxy groups -OCH3 is 1. The molecule has 0 fully saturated rings. The van der Waals surface area contributed by atoms with E-state index in [2.05, 4.69) is 21.8 Å². The molecule has 1 amide bonds. The first-order valence-corrected chi connectivity index (χ1v) is 9.02. The van der Waals surface area contributed by atoms with Gasteiger partial charge in [0.25, 0.3) is 5.91 Å². The molecule has 3 heterocycles. The Hall–Kier alpha value is -2.66. The van der Waals surface area contributed by atoms with Gasteiger partial charge in [-0.2, -0.15) is 0 Å². The fourth-order valence-corrected chi connectivity index (χ4v) is 3.65. The van der Waals surface area contributed by atoms with Crippen LogP contribution in [0.5, 0.6) is 0 Å². The van der Waals surface area contributed by atoms with Gasteiger partial charge in [0, 0.05) is 44.1 Å². The van der Waals surface area contributed by atoms with E-state index < -0.39 is 0 Å². The van der Waals surface area contributed by atoms with E-state index >= 15 is 0 Å². The van der Waals surface area contributed by atoms with Crippen LogP contribution in [0.25, 0.3) is 10.9 Å². The summed E-state index contributed by atoms with van der Waals surface area (Å²) in [6.45, 7) is 2.96. The number of benzene rings is 1. The Balaban J connectivity index is 1.62. The van der Waals surface area contributed by atoms with E-state index in [-0.39, 0.29) is 5.91 Å². The van der Waals surface area contributed by atoms with Gasteiger partial charge >= 0.3 is 0 Å². The van der Waals surface area contributed by atoms with E-state index in [4.69, 9.17) is 4.74 Å². The number of rotatable bonds is 4. The zero-order valence-corrected chi connectivity index (χ0v) is 15.0. The van der Waals surface area contributed by atoms with Crippen LogP contribution in [0.4, 0.5) is 0 Å². The molecule has 0 N–H and O–H groups in total. The molecule has 0 saturated heterocycles. The van der Waals surface area contributed by atoms with Gasteiger partial charge in [-0.3, -0.25) is 4.79 Å². The van der Waals surface area contributed by atoms with Gasteiger partial charge < -0.3 is 14.2 Å². The molecule has 0 radical (unpaired) electrons. The van der Waals surface area contributed by atoms with Crippen LogP contribution in [0.1, 0.15) is 22.6 Å². The lowest BCUT2D eigenvalue weighted by Crippen LogP contribution is -2.34. The summed E-state index contributed by atoms with van der Waals surface area (Å²) >= 11 is 0. The molecule has 26 heavy (non-hydrogen) atoms. The summed E-state index contributed by atoms with van der Waals surface area (Å²) in [5.41, 5.74) is 2.53. The largest absolute Gasteiger partial charge is 0.385 e. The van der Waals surface area contributed by atoms with Gasteiger partial charge in [-0.05, 0) is 36.6 Å². The van der Waals surface area contributed by atoms with Crippen LogP contribution in [0.2, 0.25) is 0 Å². The van der Waals surface area contributed by atoms with Crippen molar-refractivity contribution in [2.24, 2.45) is 5.92 Å². The van der Waals surface area contributed by atoms with Crippen LogP contribution in [0.15, 0.2) is 54.7 Å². The lowest BCUT2D eigenvalue weighted by atomic mass is 10.1. The molecule has 0 saturated carbocycles. The van der Waals surface area contributed by atoms with Crippen LogP contribution in [0.3, 0.4) is 0 Å². The highest BCUT2D eigenvalue weighted by atomic mass is 16.5. The number of carbonyl (C=O) groups is 1. The van der Waals surface area contributed by atoms with Crippen molar-refractivity contribution in [1.29, 1.82) is 0 Å². The zero-order valence-electron chi connectivity index (χ0n) is 15.0. The Bertz CT molecular complexity index is 918. The highest BCUT2D eigenvalue weighted by Gasteiger charge is 2.26. The van der Waals surface area contributed by atoms with Crippen LogP contribution >= 0.6 is 0 Å². The standard InChI is InChI=1S/C21H23N3O2/c1-26-12-10-16-13-23-11-4-6-18(23)15-24(14-16)21(25)20-9-8-17-5-2-3-7-19(17)22-20/h2-9,11,16H,10,12-15H2,1H3. The van der Waals surface area contributed by atoms with Gasteiger partial charge in [0.2, 0.25) is 0 Å². The van der Waals surface area contributed by atoms with Gasteiger partial charge in [-0.1, -0.05) is 24.3 Å². The first-order chi connectivity index (χ1) is 12.7. The zero-order chi connectivity index (χ0) is 17.9. The van der Waals surface area contributed by atoms with Crippen molar-refractivity contribution in [1.82, 2.24) is 14.5 Å². The predicted octanol–water partition coefficient (Wildman–Crippen LogP) is 3.35. The fourth-order valence-electron chi connectivity index (χ4n) is 3.65. The van der Waals surface area contributed by atoms with Crippen molar-refractivity contribution in [3.8, 4) is 0 Å². The summed E-state index contributed by atoms with van der Waals surface area (Å²) in [6, 6.07) is 15.8. The Kier molecular flexibility index (Phi) is 4.71. The van der Waals surface area contributed by atoms with Gasteiger partial charge in [0.05, 0.1) is 12.1 Å². The lowest BCUT2D eigenvalue weighted by molar-refractivity contribution is 0.0700. The Labute approximate surface area is 153 Å². The molecule has 1 atom stereocenters. The molecule has 5 heteroatoms. The maximum Gasteiger partial charge on any atom is 0.272 e. The maximum atomic E-state index is 13.2. The van der Waals surface area contributed by atoms with Gasteiger partial charge in [0.15, 0.2) is 0 Å². The number of hydrogen-bond donors (Lipinski definition) is 0. The molecule has 3 aromatic rings. The number of hydrogen-bond acceptors (Lipinski definition) is 3. The number of nitrogens with zero attached hydrogens (tertiary/aromatic N) is 3. The Morgan fingerprint density at radius 1 is 1.15 bits per heavy atom. The number of amides is 1. The molecule has 2 aromatic heterocycles. The van der Waals surface area contributed by atoms with Crippen LogP contribution < -0.4 is 0 Å². The number of aromatic nitrogens is 2. The normalized spacial score (nSPS) is 17.1. The third-order valence-corrected chi connectivity index (χ3v) is 5.04. The molecular weight excluding hydrogens is 326 g/mol. The van der Waals surface area contributed by atoms with E-state index in [1.807, 2.05) is 47.4 Å². The number of pyridine rings is 1. The average molecular weight is 349 g/mol. The lowest BCUT2D eigenvalue weighted by Gasteiger charge is -2.24. The number of carbonyl (C=O) groups excluding carboxylic acids is 1. The second kappa shape index (κ2) is 7.30. The van der Waals surface area contributed by atoms with Crippen molar-refractivity contribution in [2.45, 2.75) is 19.5 Å². The van der Waals surface area contributed by atoms with Crippen molar-refractivity contribution >= 4 is 16.8 Å². The molecule has 5 nitrogen and oxygen atoms in total. The molecule has 0 spiro atoms. The molecular formula is C21H23N3O2. The molecule has 1 aliphatic heterocycles. The first kappa shape index (κ1) is 16.8. The fraction of sp³-hybridized carbons (Fsp3) is 0.333. The van der Waals surface area contributed by atoms with Crippen molar-refractivity contribution < 1.29 is 9.53 Å². The van der Waals surface area contributed by atoms with Gasteiger partial charge in [-0.15, -0.1) is 0 Å². The van der Waals surface area contributed by atoms with E-state index in [0.29, 0.717) is 24.8 Å². The summed E-state index contributed by atoms with van der Waals surface area (Å²) in [5.74, 6) is 0.362. The van der Waals surface area contributed by atoms with Crippen LogP contribution in [-0.2, 0) is 17.8 Å². The SMILES string of the molecule is COCCC1CN(C(=O)c2ccc3ccccc3n2)Cc2cccn2C1. The molecule has 1 aromatic carbocycles. The molecule has 0 bridgehead atoms. The number of fused-ring (bicyclic) bond motifs is 2. The van der Waals surface area contributed by atoms with Crippen LogP contribution in [0, 0.1) is 5.92 Å². The molecule has 0 aliphatic carbocycles. The van der Waals surface area contributed by atoms with Crippen molar-refractivity contribution in [3.05, 3.63) is 66.1 Å². The number of para-hydroxylation sites is 1. The average Bonchev–Trinajstić information content (AvgIpc) is 3.03. The summed E-state index contributed by atoms with van der Waals surface area (Å²) in [6.07, 6.45) is 3.03. The second-order valence-electron chi connectivity index (χ2n) is 6.87. The topological polar surface area (TPSA) is 47.4 Å². The minimum Gasteiger partial charge on any atom is -0.385 e. The third kappa shape index (κ3) is 3.35. The molecule has 1 unspecified atom stereocenters. The van der Waals surface area contributed by atoms with E-state index in [9.17, 15) is 4.79 Å². The van der Waals surface area contributed by atoms with E-state index in [0.717, 1.165) is 30.4 Å². The van der Waals surface area contributed by atoms with Gasteiger partial charge in [0.1, 0.15) is 5.69 Å². The third-order valence-electron chi connectivity index (χ3n) is 5.04. The molecule has 1 aliphatic rings. The summed E-state index contributed by atoms with van der Waals surface area (Å²) in [5, 5.41) is 1.05. The molecule has 134 valence electrons. The Morgan fingerprint density at radius 3 is 2.92 bits per heavy atom. The maximum absolute atomic E-state index is 13.2. The summed E-state index contributed by atoms with van der Waals surface area (Å²) in [7, 11) is 1.72. The monoisotopic (exact) mass is 349 g/mol. The minimum atomic E-state index is -0.00665. The van der Waals surface area contributed by atoms with E-state index in [1.165, 1.54) is 5.69 Å². The minimum absolute atomic E-state index is 0.00665. The van der Waals surface area contributed by atoms with Crippen LogP contribution in [-0.4, -0.2) is 40.6 Å². The number of ether oxygens (including phenoxy) is 1. The van der Waals surface area contributed by atoms with Crippen molar-refractivity contribution in [3.63, 3.8) is 0 Å². The quantitative estimate of drug-likeness (QED) is 0.726. The highest BCUT2D eigenvalue weighted by Crippen LogP contribution is 2.22. The summed E-state index contributed by atoms with van der Waals surface area (Å²) < 4.78 is 7.51. The highest BCUT2D eigenvalue weighted by molar-refractivity contribution is 5.94. The first-order valence-electron chi connectivity index (χ1n) is 9.02. The smallest absolute Gasteiger partial charge is 0.272 e. The second-order valence-corrected chi connectivity index (χ2v) is 6.87.